The van der Waals surface area contributed by atoms with Gasteiger partial charge in [0.05, 0.1) is 36.4 Å². The largest absolute Gasteiger partial charge is 0.378 e. The van der Waals surface area contributed by atoms with Gasteiger partial charge < -0.3 is 15.0 Å². The number of carbonyl (C=O) groups excluding carboxylic acids is 1. The smallest absolute Gasteiger partial charge is 0.255 e. The third kappa shape index (κ3) is 4.36. The molecule has 1 aliphatic rings. The molecule has 2 heterocycles. The van der Waals surface area contributed by atoms with E-state index in [4.69, 9.17) is 4.74 Å². The molecule has 2 aromatic carbocycles. The fourth-order valence-electron chi connectivity index (χ4n) is 3.52. The van der Waals surface area contributed by atoms with Crippen molar-refractivity contribution in [3.05, 3.63) is 76.0 Å². The van der Waals surface area contributed by atoms with Crippen molar-refractivity contribution in [1.29, 1.82) is 0 Å². The summed E-state index contributed by atoms with van der Waals surface area (Å²) in [5.74, 6) is -0.123. The minimum absolute atomic E-state index is 0.123. The van der Waals surface area contributed by atoms with Gasteiger partial charge in [0, 0.05) is 29.8 Å². The molecule has 29 heavy (non-hydrogen) atoms. The number of amides is 1. The minimum Gasteiger partial charge on any atom is -0.378 e. The number of halogens is 1. The van der Waals surface area contributed by atoms with Crippen molar-refractivity contribution in [2.75, 3.05) is 31.2 Å². The van der Waals surface area contributed by atoms with Crippen molar-refractivity contribution < 1.29 is 9.53 Å². The van der Waals surface area contributed by atoms with E-state index in [1.807, 2.05) is 43.3 Å². The zero-order chi connectivity index (χ0) is 20.2. The first-order valence-electron chi connectivity index (χ1n) is 9.63. The van der Waals surface area contributed by atoms with Gasteiger partial charge >= 0.3 is 0 Å². The van der Waals surface area contributed by atoms with Crippen LogP contribution < -0.4 is 10.2 Å². The second-order valence-corrected chi connectivity index (χ2v) is 7.86. The fraction of sp³-hybridized carbons (Fsp3) is 0.273. The van der Waals surface area contributed by atoms with E-state index in [9.17, 15) is 4.79 Å². The van der Waals surface area contributed by atoms with Crippen LogP contribution in [-0.2, 0) is 11.3 Å². The van der Waals surface area contributed by atoms with Crippen LogP contribution in [0.1, 0.15) is 21.6 Å². The van der Waals surface area contributed by atoms with Gasteiger partial charge in [-0.05, 0) is 42.8 Å². The van der Waals surface area contributed by atoms with Crippen molar-refractivity contribution in [2.45, 2.75) is 13.5 Å². The number of aromatic nitrogens is 2. The fourth-order valence-corrected chi connectivity index (χ4v) is 3.78. The minimum atomic E-state index is -0.123. The van der Waals surface area contributed by atoms with Crippen LogP contribution in [0.3, 0.4) is 0 Å². The number of carbonyl (C=O) groups is 1. The van der Waals surface area contributed by atoms with Gasteiger partial charge in [0.1, 0.15) is 0 Å². The molecular formula is C22H23BrN4O2. The molecule has 0 atom stereocenters. The van der Waals surface area contributed by atoms with Crippen LogP contribution in [0, 0.1) is 6.92 Å². The molecule has 0 radical (unpaired) electrons. The lowest BCUT2D eigenvalue weighted by Crippen LogP contribution is -2.37. The van der Waals surface area contributed by atoms with E-state index in [0.717, 1.165) is 53.4 Å². The Balaban J connectivity index is 1.48. The number of hydrogen-bond acceptors (Lipinski definition) is 4. The molecule has 1 saturated heterocycles. The average Bonchev–Trinajstić information content (AvgIpc) is 3.15. The quantitative estimate of drug-likeness (QED) is 0.638. The molecule has 1 aromatic heterocycles. The van der Waals surface area contributed by atoms with Crippen LogP contribution in [0.4, 0.5) is 5.69 Å². The summed E-state index contributed by atoms with van der Waals surface area (Å²) in [7, 11) is 0. The van der Waals surface area contributed by atoms with E-state index in [1.54, 1.807) is 10.9 Å². The maximum atomic E-state index is 12.8. The summed E-state index contributed by atoms with van der Waals surface area (Å²) in [6, 6.07) is 16.0. The average molecular weight is 455 g/mol. The first-order valence-corrected chi connectivity index (χ1v) is 10.4. The maximum Gasteiger partial charge on any atom is 0.255 e. The van der Waals surface area contributed by atoms with Gasteiger partial charge in [-0.25, -0.2) is 4.68 Å². The van der Waals surface area contributed by atoms with Crippen LogP contribution in [0.25, 0.3) is 5.69 Å². The lowest BCUT2D eigenvalue weighted by atomic mass is 10.1. The summed E-state index contributed by atoms with van der Waals surface area (Å²) in [5, 5.41) is 7.45. The molecule has 3 aromatic rings. The third-order valence-electron chi connectivity index (χ3n) is 5.11. The number of hydrogen-bond donors (Lipinski definition) is 1. The zero-order valence-corrected chi connectivity index (χ0v) is 17.9. The molecule has 0 spiro atoms. The lowest BCUT2D eigenvalue weighted by Gasteiger charge is -2.30. The Hall–Kier alpha value is -2.64. The molecular weight excluding hydrogens is 432 g/mol. The molecule has 1 amide bonds. The van der Waals surface area contributed by atoms with E-state index in [1.165, 1.54) is 0 Å². The van der Waals surface area contributed by atoms with Crippen molar-refractivity contribution in [2.24, 2.45) is 0 Å². The first kappa shape index (κ1) is 19.7. The van der Waals surface area contributed by atoms with Gasteiger partial charge in [-0.2, -0.15) is 5.10 Å². The van der Waals surface area contributed by atoms with Gasteiger partial charge in [-0.1, -0.05) is 34.1 Å². The number of para-hydroxylation sites is 1. The van der Waals surface area contributed by atoms with Gasteiger partial charge in [0.15, 0.2) is 0 Å². The number of benzene rings is 2. The summed E-state index contributed by atoms with van der Waals surface area (Å²) < 4.78 is 8.24. The van der Waals surface area contributed by atoms with Crippen LogP contribution in [0.15, 0.2) is 59.2 Å². The zero-order valence-electron chi connectivity index (χ0n) is 16.3. The normalized spacial score (nSPS) is 14.1. The molecule has 150 valence electrons. The van der Waals surface area contributed by atoms with Crippen LogP contribution in [0.5, 0.6) is 0 Å². The second kappa shape index (κ2) is 8.80. The Morgan fingerprint density at radius 1 is 1.14 bits per heavy atom. The van der Waals surface area contributed by atoms with Crippen molar-refractivity contribution >= 4 is 27.5 Å². The van der Waals surface area contributed by atoms with Crippen molar-refractivity contribution in [3.8, 4) is 5.69 Å². The van der Waals surface area contributed by atoms with Crippen molar-refractivity contribution in [3.63, 3.8) is 0 Å². The predicted octanol–water partition coefficient (Wildman–Crippen LogP) is 3.71. The summed E-state index contributed by atoms with van der Waals surface area (Å²) >= 11 is 3.44. The summed E-state index contributed by atoms with van der Waals surface area (Å²) in [6.07, 6.45) is 1.63. The number of anilines is 1. The predicted molar refractivity (Wildman–Crippen MR) is 117 cm³/mol. The Bertz CT molecular complexity index is 994. The highest BCUT2D eigenvalue weighted by Gasteiger charge is 2.17. The standard InChI is InChI=1S/C22H23BrN4O2/c1-16-20(15-25-27(16)19-8-6-18(23)7-9-19)22(28)24-14-17-4-2-3-5-21(17)26-10-12-29-13-11-26/h2-9,15H,10-14H2,1H3,(H,24,28). The van der Waals surface area contributed by atoms with E-state index in [2.05, 4.69) is 43.4 Å². The SMILES string of the molecule is Cc1c(C(=O)NCc2ccccc2N2CCOCC2)cnn1-c1ccc(Br)cc1. The number of ether oxygens (including phenoxy) is 1. The molecule has 6 nitrogen and oxygen atoms in total. The van der Waals surface area contributed by atoms with Gasteiger partial charge in [-0.3, -0.25) is 4.79 Å². The highest BCUT2D eigenvalue weighted by molar-refractivity contribution is 9.10. The Morgan fingerprint density at radius 3 is 2.62 bits per heavy atom. The molecule has 7 heteroatoms. The van der Waals surface area contributed by atoms with Crippen LogP contribution >= 0.6 is 15.9 Å². The molecule has 0 saturated carbocycles. The highest BCUT2D eigenvalue weighted by atomic mass is 79.9. The second-order valence-electron chi connectivity index (χ2n) is 6.94. The number of nitrogens with zero attached hydrogens (tertiary/aromatic N) is 3. The Morgan fingerprint density at radius 2 is 1.86 bits per heavy atom. The van der Waals surface area contributed by atoms with Gasteiger partial charge in [-0.15, -0.1) is 0 Å². The first-order chi connectivity index (χ1) is 14.1. The summed E-state index contributed by atoms with van der Waals surface area (Å²) in [5.41, 5.74) is 4.56. The van der Waals surface area contributed by atoms with Gasteiger partial charge in [0.25, 0.3) is 5.91 Å². The molecule has 0 bridgehead atoms. The maximum absolute atomic E-state index is 12.8. The monoisotopic (exact) mass is 454 g/mol. The third-order valence-corrected chi connectivity index (χ3v) is 5.64. The summed E-state index contributed by atoms with van der Waals surface area (Å²) in [4.78, 5) is 15.1. The van der Waals surface area contributed by atoms with Crippen LogP contribution in [0.2, 0.25) is 0 Å². The number of rotatable bonds is 5. The molecule has 0 unspecified atom stereocenters. The highest BCUT2D eigenvalue weighted by Crippen LogP contribution is 2.22. The topological polar surface area (TPSA) is 59.4 Å². The van der Waals surface area contributed by atoms with Crippen molar-refractivity contribution in [1.82, 2.24) is 15.1 Å². The molecule has 1 fully saturated rings. The molecule has 4 rings (SSSR count). The number of morpholine rings is 1. The van der Waals surface area contributed by atoms with Gasteiger partial charge in [0.2, 0.25) is 0 Å². The lowest BCUT2D eigenvalue weighted by molar-refractivity contribution is 0.0950. The Labute approximate surface area is 178 Å². The van der Waals surface area contributed by atoms with E-state index < -0.39 is 0 Å². The summed E-state index contributed by atoms with van der Waals surface area (Å²) in [6.45, 7) is 5.57. The van der Waals surface area contributed by atoms with E-state index in [-0.39, 0.29) is 5.91 Å². The van der Waals surface area contributed by atoms with Crippen LogP contribution in [-0.4, -0.2) is 42.0 Å². The van der Waals surface area contributed by atoms with E-state index >= 15 is 0 Å². The molecule has 1 N–H and O–H groups in total. The molecule has 0 aliphatic carbocycles. The van der Waals surface area contributed by atoms with E-state index in [0.29, 0.717) is 12.1 Å². The Kier molecular flexibility index (Phi) is 5.97. The molecule has 1 aliphatic heterocycles. The number of nitrogens with one attached hydrogen (secondary N) is 1.